The average Bonchev–Trinajstić information content (AvgIpc) is 2.83. The van der Waals surface area contributed by atoms with E-state index in [4.69, 9.17) is 10.5 Å². The van der Waals surface area contributed by atoms with E-state index in [1.165, 1.54) is 77.0 Å². The summed E-state index contributed by atoms with van der Waals surface area (Å²) >= 11 is 0. The summed E-state index contributed by atoms with van der Waals surface area (Å²) in [6.45, 7) is 8.15. The van der Waals surface area contributed by atoms with Crippen LogP contribution in [0.1, 0.15) is 142 Å². The lowest BCUT2D eigenvalue weighted by Crippen LogP contribution is -2.29. The number of carbonyl (C=O) groups excluding carboxylic acids is 1. The van der Waals surface area contributed by atoms with Gasteiger partial charge < -0.3 is 20.5 Å². The van der Waals surface area contributed by atoms with Crippen LogP contribution in [0.3, 0.4) is 0 Å². The van der Waals surface area contributed by atoms with Crippen molar-refractivity contribution in [2.75, 3.05) is 32.8 Å². The summed E-state index contributed by atoms with van der Waals surface area (Å²) in [6, 6.07) is 0. The first-order chi connectivity index (χ1) is 16.7. The number of esters is 1. The van der Waals surface area contributed by atoms with E-state index < -0.39 is 0 Å². The second-order valence-corrected chi connectivity index (χ2v) is 10.1. The molecule has 34 heavy (non-hydrogen) atoms. The Kier molecular flexibility index (Phi) is 26.4. The molecular weight excluding hydrogens is 424 g/mol. The molecule has 0 rings (SSSR count). The van der Waals surface area contributed by atoms with Crippen LogP contribution in [0.2, 0.25) is 0 Å². The van der Waals surface area contributed by atoms with Crippen LogP contribution in [0.15, 0.2) is 0 Å². The molecule has 0 heterocycles. The van der Waals surface area contributed by atoms with Gasteiger partial charge in [0.1, 0.15) is 6.10 Å². The van der Waals surface area contributed by atoms with Gasteiger partial charge in [-0.25, -0.2) is 0 Å². The van der Waals surface area contributed by atoms with Crippen molar-refractivity contribution in [3.63, 3.8) is 0 Å². The molecule has 0 fully saturated rings. The molecule has 5 nitrogen and oxygen atoms in total. The maximum absolute atomic E-state index is 12.5. The third-order valence-corrected chi connectivity index (χ3v) is 6.76. The number of nitrogens with two attached hydrogens (primary N) is 1. The van der Waals surface area contributed by atoms with E-state index in [9.17, 15) is 9.90 Å². The number of rotatable bonds is 27. The Morgan fingerprint density at radius 1 is 0.706 bits per heavy atom. The van der Waals surface area contributed by atoms with Gasteiger partial charge in [-0.05, 0) is 71.0 Å². The molecule has 3 N–H and O–H groups in total. The zero-order valence-corrected chi connectivity index (χ0v) is 23.0. The number of ether oxygens (including phenoxy) is 1. The Hall–Kier alpha value is -0.650. The molecule has 0 bridgehead atoms. The fourth-order valence-electron chi connectivity index (χ4n) is 4.55. The van der Waals surface area contributed by atoms with Gasteiger partial charge in [-0.1, -0.05) is 84.5 Å². The number of hydrogen-bond donors (Lipinski definition) is 2. The second-order valence-electron chi connectivity index (χ2n) is 10.1. The maximum atomic E-state index is 12.5. The highest BCUT2D eigenvalue weighted by Gasteiger charge is 2.14. The first kappa shape index (κ1) is 33.4. The standard InChI is InChI=1S/C29H60N2O3/c1-3-5-7-9-11-14-20-28(21-15-12-10-8-6-4-2)34-29(33)22-16-13-18-24-31(26-27-32)25-19-17-23-30/h28,32H,3-27,30H2,1-2H3. The van der Waals surface area contributed by atoms with Crippen molar-refractivity contribution in [2.45, 2.75) is 148 Å². The van der Waals surface area contributed by atoms with Crippen LogP contribution in [-0.4, -0.2) is 54.9 Å². The summed E-state index contributed by atoms with van der Waals surface area (Å²) in [6.07, 6.45) is 23.3. The number of hydrogen-bond acceptors (Lipinski definition) is 5. The monoisotopic (exact) mass is 484 g/mol. The summed E-state index contributed by atoms with van der Waals surface area (Å²) in [5.41, 5.74) is 5.58. The topological polar surface area (TPSA) is 75.8 Å². The minimum atomic E-state index is -0.00266. The SMILES string of the molecule is CCCCCCCCC(CCCCCCCC)OC(=O)CCCCCN(CCO)CCCCN. The quantitative estimate of drug-likeness (QED) is 0.0970. The predicted octanol–water partition coefficient (Wildman–Crippen LogP) is 6.99. The van der Waals surface area contributed by atoms with E-state index in [0.717, 1.165) is 71.1 Å². The zero-order valence-electron chi connectivity index (χ0n) is 23.0. The molecule has 0 atom stereocenters. The lowest BCUT2D eigenvalue weighted by Gasteiger charge is -2.21. The second kappa shape index (κ2) is 26.9. The highest BCUT2D eigenvalue weighted by Crippen LogP contribution is 2.18. The van der Waals surface area contributed by atoms with Crippen molar-refractivity contribution in [1.29, 1.82) is 0 Å². The molecule has 0 spiro atoms. The number of unbranched alkanes of at least 4 members (excludes halogenated alkanes) is 13. The van der Waals surface area contributed by atoms with Crippen LogP contribution in [0.5, 0.6) is 0 Å². The van der Waals surface area contributed by atoms with Crippen molar-refractivity contribution in [1.82, 2.24) is 4.90 Å². The summed E-state index contributed by atoms with van der Waals surface area (Å²) in [5.74, 6) is -0.00266. The molecule has 0 amide bonds. The normalized spacial score (nSPS) is 11.6. The number of nitrogens with zero attached hydrogens (tertiary/aromatic N) is 1. The number of aliphatic hydroxyl groups is 1. The molecule has 0 radical (unpaired) electrons. The summed E-state index contributed by atoms with van der Waals surface area (Å²) in [5, 5.41) is 9.26. The summed E-state index contributed by atoms with van der Waals surface area (Å²) < 4.78 is 5.94. The molecule has 0 aliphatic carbocycles. The van der Waals surface area contributed by atoms with Crippen LogP contribution >= 0.6 is 0 Å². The summed E-state index contributed by atoms with van der Waals surface area (Å²) in [7, 11) is 0. The molecule has 0 aliphatic rings. The number of carbonyl (C=O) groups is 1. The lowest BCUT2D eigenvalue weighted by atomic mass is 10.0. The molecule has 0 aromatic heterocycles. The van der Waals surface area contributed by atoms with Gasteiger partial charge in [0.05, 0.1) is 6.61 Å². The number of aliphatic hydroxyl groups excluding tert-OH is 1. The van der Waals surface area contributed by atoms with Crippen molar-refractivity contribution in [2.24, 2.45) is 5.73 Å². The van der Waals surface area contributed by atoms with Crippen LogP contribution in [0.4, 0.5) is 0 Å². The zero-order chi connectivity index (χ0) is 25.1. The van der Waals surface area contributed by atoms with Gasteiger partial charge in [0, 0.05) is 13.0 Å². The Balaban J connectivity index is 4.15. The van der Waals surface area contributed by atoms with Gasteiger partial charge in [0.15, 0.2) is 0 Å². The van der Waals surface area contributed by atoms with E-state index in [1.54, 1.807) is 0 Å². The van der Waals surface area contributed by atoms with Crippen LogP contribution in [-0.2, 0) is 9.53 Å². The van der Waals surface area contributed by atoms with Crippen molar-refractivity contribution >= 4 is 5.97 Å². The van der Waals surface area contributed by atoms with Crippen LogP contribution in [0.25, 0.3) is 0 Å². The van der Waals surface area contributed by atoms with Gasteiger partial charge in [-0.2, -0.15) is 0 Å². The highest BCUT2D eigenvalue weighted by atomic mass is 16.5. The molecule has 0 aromatic rings. The van der Waals surface area contributed by atoms with Crippen LogP contribution in [0, 0.1) is 0 Å². The van der Waals surface area contributed by atoms with Gasteiger partial charge >= 0.3 is 5.97 Å². The van der Waals surface area contributed by atoms with Crippen LogP contribution < -0.4 is 5.73 Å². The van der Waals surface area contributed by atoms with Crippen molar-refractivity contribution in [3.05, 3.63) is 0 Å². The molecule has 0 unspecified atom stereocenters. The largest absolute Gasteiger partial charge is 0.462 e. The van der Waals surface area contributed by atoms with E-state index in [2.05, 4.69) is 18.7 Å². The first-order valence-electron chi connectivity index (χ1n) is 14.9. The predicted molar refractivity (Wildman–Crippen MR) is 146 cm³/mol. The van der Waals surface area contributed by atoms with Gasteiger partial charge in [-0.15, -0.1) is 0 Å². The Labute approximate surface area is 212 Å². The molecule has 0 saturated heterocycles. The third kappa shape index (κ3) is 23.1. The van der Waals surface area contributed by atoms with E-state index in [-0.39, 0.29) is 18.7 Å². The molecular formula is C29H60N2O3. The molecule has 5 heteroatoms. The third-order valence-electron chi connectivity index (χ3n) is 6.76. The van der Waals surface area contributed by atoms with E-state index >= 15 is 0 Å². The van der Waals surface area contributed by atoms with Gasteiger partial charge in [-0.3, -0.25) is 4.79 Å². The highest BCUT2D eigenvalue weighted by molar-refractivity contribution is 5.69. The van der Waals surface area contributed by atoms with Crippen molar-refractivity contribution in [3.8, 4) is 0 Å². The molecule has 204 valence electrons. The molecule has 0 aromatic carbocycles. The van der Waals surface area contributed by atoms with Gasteiger partial charge in [0.25, 0.3) is 0 Å². The minimum absolute atomic E-state index is 0.00266. The van der Waals surface area contributed by atoms with Crippen molar-refractivity contribution < 1.29 is 14.6 Å². The minimum Gasteiger partial charge on any atom is -0.462 e. The van der Waals surface area contributed by atoms with E-state index in [1.807, 2.05) is 0 Å². The maximum Gasteiger partial charge on any atom is 0.306 e. The smallest absolute Gasteiger partial charge is 0.306 e. The lowest BCUT2D eigenvalue weighted by molar-refractivity contribution is -0.150. The Morgan fingerprint density at radius 3 is 1.74 bits per heavy atom. The Morgan fingerprint density at radius 2 is 1.21 bits per heavy atom. The molecule has 0 aliphatic heterocycles. The van der Waals surface area contributed by atoms with E-state index in [0.29, 0.717) is 6.42 Å². The Bertz CT molecular complexity index is 404. The first-order valence-corrected chi connectivity index (χ1v) is 14.9. The summed E-state index contributed by atoms with van der Waals surface area (Å²) in [4.78, 5) is 14.8. The fraction of sp³-hybridized carbons (Fsp3) is 0.966. The molecule has 0 saturated carbocycles. The fourth-order valence-corrected chi connectivity index (χ4v) is 4.55. The average molecular weight is 485 g/mol. The van der Waals surface area contributed by atoms with Gasteiger partial charge in [0.2, 0.25) is 0 Å².